The van der Waals surface area contributed by atoms with Crippen LogP contribution in [0, 0.1) is 0 Å². The number of amides is 1. The number of hydrogen-bond acceptors (Lipinski definition) is 4. The zero-order valence-electron chi connectivity index (χ0n) is 14.5. The second-order valence-corrected chi connectivity index (χ2v) is 7.70. The molecule has 0 fully saturated rings. The van der Waals surface area contributed by atoms with Crippen LogP contribution in [-0.4, -0.2) is 29.6 Å². The molecule has 1 amide bonds. The molecule has 0 aliphatic rings. The Morgan fingerprint density at radius 1 is 1.32 bits per heavy atom. The molecule has 1 heterocycles. The third-order valence-corrected chi connectivity index (χ3v) is 4.63. The molecule has 0 radical (unpaired) electrons. The van der Waals surface area contributed by atoms with Gasteiger partial charge in [0.25, 0.3) is 0 Å². The maximum absolute atomic E-state index is 12.5. The smallest absolute Gasteiger partial charge is 0.412 e. The number of thiophene rings is 1. The van der Waals surface area contributed by atoms with Gasteiger partial charge in [-0.1, -0.05) is 11.6 Å². The Morgan fingerprint density at radius 2 is 2.00 bits per heavy atom. The monoisotopic (exact) mass is 381 g/mol. The number of anilines is 1. The van der Waals surface area contributed by atoms with Gasteiger partial charge in [-0.3, -0.25) is 9.69 Å². The molecule has 0 saturated carbocycles. The van der Waals surface area contributed by atoms with Crippen LogP contribution in [0.3, 0.4) is 0 Å². The summed E-state index contributed by atoms with van der Waals surface area (Å²) in [6, 6.07) is 4.91. The lowest BCUT2D eigenvalue weighted by molar-refractivity contribution is 0.0993. The summed E-state index contributed by atoms with van der Waals surface area (Å²) in [6.07, 6.45) is -1.06. The summed E-state index contributed by atoms with van der Waals surface area (Å²) in [6.45, 7) is 5.34. The lowest BCUT2D eigenvalue weighted by Gasteiger charge is -2.34. The van der Waals surface area contributed by atoms with Crippen LogP contribution in [0.4, 0.5) is 10.5 Å². The minimum Gasteiger partial charge on any atom is -0.495 e. The van der Waals surface area contributed by atoms with Crippen molar-refractivity contribution >= 4 is 40.5 Å². The van der Waals surface area contributed by atoms with Crippen LogP contribution < -0.4 is 9.64 Å². The van der Waals surface area contributed by atoms with E-state index in [4.69, 9.17) is 16.3 Å². The van der Waals surface area contributed by atoms with Crippen LogP contribution in [0.15, 0.2) is 29.0 Å². The molecule has 5 nitrogen and oxygen atoms in total. The Kier molecular flexibility index (Phi) is 5.75. The topological polar surface area (TPSA) is 66.8 Å². The van der Waals surface area contributed by atoms with Crippen molar-refractivity contribution < 1.29 is 19.4 Å². The summed E-state index contributed by atoms with van der Waals surface area (Å²) in [5.41, 5.74) is 0.830. The predicted octanol–water partition coefficient (Wildman–Crippen LogP) is 5.12. The number of methoxy groups -OCH3 is 1. The van der Waals surface area contributed by atoms with Gasteiger partial charge in [-0.25, -0.2) is 4.79 Å². The third-order valence-electron chi connectivity index (χ3n) is 3.65. The number of carbonyl (C=O) groups is 2. The van der Waals surface area contributed by atoms with Gasteiger partial charge in [0, 0.05) is 22.9 Å². The van der Waals surface area contributed by atoms with E-state index in [1.807, 2.05) is 5.38 Å². The lowest BCUT2D eigenvalue weighted by Crippen LogP contribution is -2.45. The summed E-state index contributed by atoms with van der Waals surface area (Å²) in [5, 5.41) is 13.6. The third kappa shape index (κ3) is 4.32. The highest BCUT2D eigenvalue weighted by molar-refractivity contribution is 7.08. The quantitative estimate of drug-likeness (QED) is 0.730. The van der Waals surface area contributed by atoms with Crippen LogP contribution >= 0.6 is 22.9 Å². The molecule has 1 N–H and O–H groups in total. The zero-order chi connectivity index (χ0) is 18.8. The molecule has 1 aromatic heterocycles. The van der Waals surface area contributed by atoms with E-state index in [9.17, 15) is 14.7 Å². The van der Waals surface area contributed by atoms with Gasteiger partial charge in [0.2, 0.25) is 0 Å². The lowest BCUT2D eigenvalue weighted by atomic mass is 9.99. The van der Waals surface area contributed by atoms with Crippen LogP contribution in [0.5, 0.6) is 5.75 Å². The van der Waals surface area contributed by atoms with Crippen molar-refractivity contribution in [2.24, 2.45) is 0 Å². The van der Waals surface area contributed by atoms with E-state index in [0.717, 1.165) is 0 Å². The minimum atomic E-state index is -1.11. The Balaban J connectivity index is 2.56. The molecular formula is C18H20ClNO4S. The van der Waals surface area contributed by atoms with E-state index in [1.54, 1.807) is 38.3 Å². The van der Waals surface area contributed by atoms with Crippen LogP contribution in [0.1, 0.15) is 36.7 Å². The number of rotatable bonds is 5. The van der Waals surface area contributed by atoms with Gasteiger partial charge in [-0.15, -0.1) is 0 Å². The molecule has 0 aliphatic heterocycles. The average molecular weight is 382 g/mol. The van der Waals surface area contributed by atoms with E-state index in [-0.39, 0.29) is 12.2 Å². The molecule has 1 aromatic carbocycles. The first-order chi connectivity index (χ1) is 11.6. The highest BCUT2D eigenvalue weighted by Crippen LogP contribution is 2.36. The molecule has 0 unspecified atom stereocenters. The van der Waals surface area contributed by atoms with Crippen molar-refractivity contribution in [1.29, 1.82) is 0 Å². The van der Waals surface area contributed by atoms with Gasteiger partial charge < -0.3 is 9.84 Å². The summed E-state index contributed by atoms with van der Waals surface area (Å²) < 4.78 is 5.23. The highest BCUT2D eigenvalue weighted by Gasteiger charge is 2.31. The number of carbonyl (C=O) groups excluding carboxylic acids is 1. The van der Waals surface area contributed by atoms with E-state index in [0.29, 0.717) is 27.6 Å². The van der Waals surface area contributed by atoms with E-state index >= 15 is 0 Å². The second kappa shape index (κ2) is 7.45. The first kappa shape index (κ1) is 19.3. The van der Waals surface area contributed by atoms with Gasteiger partial charge >= 0.3 is 6.09 Å². The number of carboxylic acid groups (broad SMARTS) is 1. The highest BCUT2D eigenvalue weighted by atomic mass is 35.5. The van der Waals surface area contributed by atoms with Crippen molar-refractivity contribution in [3.05, 3.63) is 45.1 Å². The van der Waals surface area contributed by atoms with Gasteiger partial charge in [0.15, 0.2) is 5.78 Å². The SMILES string of the molecule is COc1cc(CC(=O)c2ccsc2)c(N(C(=O)O)C(C)(C)C)cc1Cl. The molecule has 0 bridgehead atoms. The maximum atomic E-state index is 12.5. The number of halogens is 1. The Morgan fingerprint density at radius 3 is 2.48 bits per heavy atom. The summed E-state index contributed by atoms with van der Waals surface area (Å²) in [4.78, 5) is 25.6. The van der Waals surface area contributed by atoms with Crippen molar-refractivity contribution in [1.82, 2.24) is 0 Å². The standard InChI is InChI=1S/C18H20ClNO4S/c1-18(2,3)20(17(22)23)14-9-13(19)16(24-4)8-12(14)7-15(21)11-5-6-25-10-11/h5-6,8-10H,7H2,1-4H3,(H,22,23). The molecule has 25 heavy (non-hydrogen) atoms. The number of ketones is 1. The van der Waals surface area contributed by atoms with Gasteiger partial charge in [0.05, 0.1) is 17.8 Å². The van der Waals surface area contributed by atoms with E-state index in [1.165, 1.54) is 29.4 Å². The summed E-state index contributed by atoms with van der Waals surface area (Å²) in [7, 11) is 1.48. The molecule has 2 aromatic rings. The fourth-order valence-electron chi connectivity index (χ4n) is 2.54. The molecule has 0 saturated heterocycles. The number of benzene rings is 1. The van der Waals surface area contributed by atoms with E-state index < -0.39 is 11.6 Å². The van der Waals surface area contributed by atoms with Gasteiger partial charge in [-0.05, 0) is 49.9 Å². The first-order valence-corrected chi connectivity index (χ1v) is 8.92. The Bertz CT molecular complexity index is 781. The fourth-order valence-corrected chi connectivity index (χ4v) is 3.44. The Hall–Kier alpha value is -2.05. The van der Waals surface area contributed by atoms with E-state index in [2.05, 4.69) is 0 Å². The number of Topliss-reactive ketones (excluding diaryl/α,β-unsaturated/α-hetero) is 1. The normalized spacial score (nSPS) is 11.2. The second-order valence-electron chi connectivity index (χ2n) is 6.52. The van der Waals surface area contributed by atoms with Crippen molar-refractivity contribution in [2.75, 3.05) is 12.0 Å². The largest absolute Gasteiger partial charge is 0.495 e. The Labute approximate surface area is 155 Å². The molecule has 0 aliphatic carbocycles. The molecule has 0 atom stereocenters. The number of nitrogens with zero attached hydrogens (tertiary/aromatic N) is 1. The molecular weight excluding hydrogens is 362 g/mol. The summed E-state index contributed by atoms with van der Waals surface area (Å²) in [5.74, 6) is 0.309. The fraction of sp³-hybridized carbons (Fsp3) is 0.333. The number of ether oxygens (including phenoxy) is 1. The number of hydrogen-bond donors (Lipinski definition) is 1. The molecule has 2 rings (SSSR count). The molecule has 0 spiro atoms. The van der Waals surface area contributed by atoms with Gasteiger partial charge in [0.1, 0.15) is 5.75 Å². The van der Waals surface area contributed by atoms with Gasteiger partial charge in [-0.2, -0.15) is 11.3 Å². The maximum Gasteiger partial charge on any atom is 0.412 e. The van der Waals surface area contributed by atoms with Crippen LogP contribution in [0.25, 0.3) is 0 Å². The minimum absolute atomic E-state index is 0.0550. The van der Waals surface area contributed by atoms with Crippen molar-refractivity contribution in [2.45, 2.75) is 32.7 Å². The first-order valence-electron chi connectivity index (χ1n) is 7.60. The average Bonchev–Trinajstić information content (AvgIpc) is 3.02. The molecule has 134 valence electrons. The predicted molar refractivity (Wildman–Crippen MR) is 101 cm³/mol. The van der Waals surface area contributed by atoms with Crippen LogP contribution in [0.2, 0.25) is 5.02 Å². The zero-order valence-corrected chi connectivity index (χ0v) is 16.1. The summed E-state index contributed by atoms with van der Waals surface area (Å²) >= 11 is 7.65. The molecule has 7 heteroatoms. The van der Waals surface area contributed by atoms with Crippen molar-refractivity contribution in [3.63, 3.8) is 0 Å². The van der Waals surface area contributed by atoms with Crippen molar-refractivity contribution in [3.8, 4) is 5.75 Å². The van der Waals surface area contributed by atoms with Crippen LogP contribution in [-0.2, 0) is 6.42 Å².